The highest BCUT2D eigenvalue weighted by Crippen LogP contribution is 2.25. The maximum absolute atomic E-state index is 8.65. The van der Waals surface area contributed by atoms with Gasteiger partial charge in [-0.05, 0) is 12.1 Å². The van der Waals surface area contributed by atoms with Crippen LogP contribution in [0.5, 0.6) is 0 Å². The fraction of sp³-hybridized carbons (Fsp3) is 0.0833. The highest BCUT2D eigenvalue weighted by Gasteiger charge is 2.12. The Balaban J connectivity index is 1.84. The van der Waals surface area contributed by atoms with E-state index in [0.717, 1.165) is 0 Å². The molecule has 20 heavy (non-hydrogen) atoms. The standard InChI is InChI=1S/C12H7ClN6O/c13-9-4-2-1-3-8(9)12-16-11(18-20-12)6-19-7-15-10(5-14)17-19/h1-4,7H,6H2. The Morgan fingerprint density at radius 1 is 1.35 bits per heavy atom. The quantitative estimate of drug-likeness (QED) is 0.730. The smallest absolute Gasteiger partial charge is 0.259 e. The molecule has 0 radical (unpaired) electrons. The third-order valence-electron chi connectivity index (χ3n) is 2.51. The molecule has 0 saturated heterocycles. The highest BCUT2D eigenvalue weighted by molar-refractivity contribution is 6.33. The molecule has 2 heterocycles. The SMILES string of the molecule is N#Cc1ncn(Cc2noc(-c3ccccc3Cl)n2)n1. The van der Waals surface area contributed by atoms with Gasteiger partial charge in [0, 0.05) is 0 Å². The van der Waals surface area contributed by atoms with Crippen LogP contribution in [0.3, 0.4) is 0 Å². The van der Waals surface area contributed by atoms with Crippen LogP contribution in [0.25, 0.3) is 11.5 Å². The zero-order chi connectivity index (χ0) is 13.9. The minimum atomic E-state index is 0.0971. The number of halogens is 1. The van der Waals surface area contributed by atoms with Crippen molar-refractivity contribution in [2.45, 2.75) is 6.54 Å². The van der Waals surface area contributed by atoms with Crippen LogP contribution >= 0.6 is 11.6 Å². The summed E-state index contributed by atoms with van der Waals surface area (Å²) in [5.41, 5.74) is 0.671. The number of hydrogen-bond acceptors (Lipinski definition) is 6. The largest absolute Gasteiger partial charge is 0.334 e. The summed E-state index contributed by atoms with van der Waals surface area (Å²) in [7, 11) is 0. The normalized spacial score (nSPS) is 10.4. The van der Waals surface area contributed by atoms with Crippen molar-refractivity contribution in [3.8, 4) is 17.5 Å². The summed E-state index contributed by atoms with van der Waals surface area (Å²) < 4.78 is 6.62. The van der Waals surface area contributed by atoms with Crippen molar-refractivity contribution in [3.63, 3.8) is 0 Å². The minimum Gasteiger partial charge on any atom is -0.334 e. The van der Waals surface area contributed by atoms with Crippen molar-refractivity contribution in [1.29, 1.82) is 5.26 Å². The topological polar surface area (TPSA) is 93.4 Å². The molecule has 98 valence electrons. The molecule has 8 heteroatoms. The van der Waals surface area contributed by atoms with E-state index in [2.05, 4.69) is 20.2 Å². The van der Waals surface area contributed by atoms with Crippen LogP contribution < -0.4 is 0 Å². The number of hydrogen-bond donors (Lipinski definition) is 0. The van der Waals surface area contributed by atoms with Gasteiger partial charge < -0.3 is 4.52 Å². The van der Waals surface area contributed by atoms with Crippen molar-refractivity contribution < 1.29 is 4.52 Å². The van der Waals surface area contributed by atoms with Crippen LogP contribution in [0, 0.1) is 11.3 Å². The summed E-state index contributed by atoms with van der Waals surface area (Å²) >= 11 is 6.06. The second kappa shape index (κ2) is 5.11. The lowest BCUT2D eigenvalue weighted by molar-refractivity contribution is 0.418. The molecule has 2 aromatic heterocycles. The Kier molecular flexibility index (Phi) is 3.15. The molecule has 1 aromatic carbocycles. The Morgan fingerprint density at radius 2 is 2.20 bits per heavy atom. The van der Waals surface area contributed by atoms with Crippen molar-refractivity contribution >= 4 is 11.6 Å². The van der Waals surface area contributed by atoms with Crippen LogP contribution in [-0.2, 0) is 6.54 Å². The van der Waals surface area contributed by atoms with E-state index in [1.54, 1.807) is 12.1 Å². The predicted molar refractivity (Wildman–Crippen MR) is 68.6 cm³/mol. The number of nitriles is 1. The van der Waals surface area contributed by atoms with E-state index in [4.69, 9.17) is 21.4 Å². The van der Waals surface area contributed by atoms with Gasteiger partial charge in [-0.1, -0.05) is 28.9 Å². The van der Waals surface area contributed by atoms with E-state index in [9.17, 15) is 0 Å². The summed E-state index contributed by atoms with van der Waals surface area (Å²) in [5, 5.41) is 17.0. The van der Waals surface area contributed by atoms with Crippen LogP contribution in [0.1, 0.15) is 11.6 Å². The van der Waals surface area contributed by atoms with Gasteiger partial charge in [0.1, 0.15) is 18.9 Å². The monoisotopic (exact) mass is 286 g/mol. The zero-order valence-corrected chi connectivity index (χ0v) is 10.8. The van der Waals surface area contributed by atoms with Gasteiger partial charge in [0.25, 0.3) is 11.7 Å². The minimum absolute atomic E-state index is 0.0971. The van der Waals surface area contributed by atoms with Gasteiger partial charge in [0.15, 0.2) is 5.82 Å². The number of rotatable bonds is 3. The lowest BCUT2D eigenvalue weighted by Crippen LogP contribution is -2.02. The fourth-order valence-electron chi connectivity index (χ4n) is 1.63. The Morgan fingerprint density at radius 3 is 2.95 bits per heavy atom. The molecule has 0 spiro atoms. The van der Waals surface area contributed by atoms with Gasteiger partial charge in [0.2, 0.25) is 0 Å². The van der Waals surface area contributed by atoms with Crippen LogP contribution in [0.4, 0.5) is 0 Å². The first-order chi connectivity index (χ1) is 9.76. The lowest BCUT2D eigenvalue weighted by atomic mass is 10.2. The molecule has 0 aliphatic carbocycles. The molecule has 0 atom stereocenters. The molecule has 0 saturated carbocycles. The zero-order valence-electron chi connectivity index (χ0n) is 10.1. The Hall–Kier alpha value is -2.72. The van der Waals surface area contributed by atoms with Crippen LogP contribution in [-0.4, -0.2) is 24.9 Å². The summed E-state index contributed by atoms with van der Waals surface area (Å²) in [5.74, 6) is 0.861. The molecular formula is C12H7ClN6O. The van der Waals surface area contributed by atoms with Crippen LogP contribution in [0.15, 0.2) is 35.1 Å². The summed E-state index contributed by atoms with van der Waals surface area (Å²) in [6.07, 6.45) is 1.43. The van der Waals surface area contributed by atoms with E-state index in [1.807, 2.05) is 18.2 Å². The third-order valence-corrected chi connectivity index (χ3v) is 2.84. The average molecular weight is 287 g/mol. The van der Waals surface area contributed by atoms with Crippen molar-refractivity contribution in [2.75, 3.05) is 0 Å². The van der Waals surface area contributed by atoms with Gasteiger partial charge in [-0.3, -0.25) is 0 Å². The lowest BCUT2D eigenvalue weighted by Gasteiger charge is -1.96. The molecule has 3 aromatic rings. The van der Waals surface area contributed by atoms with E-state index in [0.29, 0.717) is 22.3 Å². The molecule has 0 aliphatic heterocycles. The summed E-state index contributed by atoms with van der Waals surface area (Å²) in [6, 6.07) is 9.05. The van der Waals surface area contributed by atoms with Gasteiger partial charge in [-0.25, -0.2) is 9.67 Å². The van der Waals surface area contributed by atoms with Crippen molar-refractivity contribution in [2.24, 2.45) is 0 Å². The maximum atomic E-state index is 8.65. The summed E-state index contributed by atoms with van der Waals surface area (Å²) in [6.45, 7) is 0.267. The van der Waals surface area contributed by atoms with Gasteiger partial charge in [0.05, 0.1) is 10.6 Å². The number of nitrogens with zero attached hydrogens (tertiary/aromatic N) is 6. The van der Waals surface area contributed by atoms with Gasteiger partial charge >= 0.3 is 0 Å². The third kappa shape index (κ3) is 2.37. The van der Waals surface area contributed by atoms with E-state index >= 15 is 0 Å². The second-order valence-corrected chi connectivity index (χ2v) is 4.28. The highest BCUT2D eigenvalue weighted by atomic mass is 35.5. The average Bonchev–Trinajstić information content (AvgIpc) is 3.09. The van der Waals surface area contributed by atoms with E-state index in [1.165, 1.54) is 11.0 Å². The molecule has 0 aliphatic rings. The first kappa shape index (κ1) is 12.3. The van der Waals surface area contributed by atoms with Crippen molar-refractivity contribution in [3.05, 3.63) is 47.3 Å². The molecule has 0 bridgehead atoms. The first-order valence-corrected chi connectivity index (χ1v) is 6.01. The first-order valence-electron chi connectivity index (χ1n) is 5.63. The van der Waals surface area contributed by atoms with Gasteiger partial charge in [-0.2, -0.15) is 10.2 Å². The molecule has 0 N–H and O–H groups in total. The predicted octanol–water partition coefficient (Wildman–Crippen LogP) is 1.90. The molecule has 3 rings (SSSR count). The van der Waals surface area contributed by atoms with E-state index in [-0.39, 0.29) is 12.4 Å². The molecular weight excluding hydrogens is 280 g/mol. The maximum Gasteiger partial charge on any atom is 0.259 e. The molecule has 0 amide bonds. The van der Waals surface area contributed by atoms with E-state index < -0.39 is 0 Å². The Labute approximate surface area is 118 Å². The number of benzene rings is 1. The molecule has 7 nitrogen and oxygen atoms in total. The fourth-order valence-corrected chi connectivity index (χ4v) is 1.85. The molecule has 0 fully saturated rings. The van der Waals surface area contributed by atoms with Crippen LogP contribution in [0.2, 0.25) is 5.02 Å². The Bertz CT molecular complexity index is 787. The van der Waals surface area contributed by atoms with Gasteiger partial charge in [-0.15, -0.1) is 5.10 Å². The van der Waals surface area contributed by atoms with Crippen molar-refractivity contribution in [1.82, 2.24) is 24.9 Å². The summed E-state index contributed by atoms with van der Waals surface area (Å²) in [4.78, 5) is 8.03. The molecule has 0 unspecified atom stereocenters. The number of aromatic nitrogens is 5. The second-order valence-electron chi connectivity index (χ2n) is 3.87.